The first kappa shape index (κ1) is 20.6. The van der Waals surface area contributed by atoms with Crippen molar-refractivity contribution in [2.75, 3.05) is 0 Å². The monoisotopic (exact) mass is 477 g/mol. The number of rotatable bonds is 5. The van der Waals surface area contributed by atoms with Gasteiger partial charge in [-0.05, 0) is 46.8 Å². The van der Waals surface area contributed by atoms with Gasteiger partial charge in [-0.1, -0.05) is 58.4 Å². The summed E-state index contributed by atoms with van der Waals surface area (Å²) in [4.78, 5) is 36.8. The lowest BCUT2D eigenvalue weighted by Gasteiger charge is -2.18. The van der Waals surface area contributed by atoms with E-state index in [1.54, 1.807) is 42.5 Å². The van der Waals surface area contributed by atoms with Gasteiger partial charge in [0.25, 0.3) is 5.56 Å². The molecule has 0 saturated carbocycles. The first-order chi connectivity index (χ1) is 14.9. The Labute approximate surface area is 185 Å². The summed E-state index contributed by atoms with van der Waals surface area (Å²) in [5.41, 5.74) is 1.31. The summed E-state index contributed by atoms with van der Waals surface area (Å²) in [6.07, 6.45) is 0. The van der Waals surface area contributed by atoms with Crippen molar-refractivity contribution in [1.29, 1.82) is 0 Å². The molecule has 1 aromatic heterocycles. The number of fused-ring (bicyclic) bond motifs is 1. The predicted octanol–water partition coefficient (Wildman–Crippen LogP) is 4.88. The molecule has 4 rings (SSSR count). The first-order valence-electron chi connectivity index (χ1n) is 9.34. The molecular weight excluding hydrogens is 462 g/mol. The summed E-state index contributed by atoms with van der Waals surface area (Å²) in [6.45, 7) is -0.00773. The van der Waals surface area contributed by atoms with Crippen LogP contribution < -0.4 is 5.56 Å². The number of hydrogen-bond acceptors (Lipinski definition) is 3. The van der Waals surface area contributed by atoms with Gasteiger partial charge >= 0.3 is 11.9 Å². The molecule has 0 amide bonds. The molecule has 2 N–H and O–H groups in total. The summed E-state index contributed by atoms with van der Waals surface area (Å²) in [6, 6.07) is 20.2. The van der Waals surface area contributed by atoms with E-state index in [2.05, 4.69) is 15.9 Å². The minimum absolute atomic E-state index is 0.00773. The SMILES string of the molecule is O=C(O)c1ccc(Cn2c(C(=O)O)c(-c3ccccc3)c3cc(Br)ccc3c2=O)cc1. The minimum Gasteiger partial charge on any atom is -0.478 e. The molecule has 0 saturated heterocycles. The molecule has 0 unspecified atom stereocenters. The van der Waals surface area contributed by atoms with Gasteiger partial charge in [0.1, 0.15) is 5.69 Å². The third kappa shape index (κ3) is 3.87. The van der Waals surface area contributed by atoms with Gasteiger partial charge in [-0.3, -0.25) is 9.36 Å². The number of carboxylic acids is 2. The molecule has 7 heteroatoms. The number of halogens is 1. The van der Waals surface area contributed by atoms with Gasteiger partial charge in [0.15, 0.2) is 0 Å². The molecule has 6 nitrogen and oxygen atoms in total. The predicted molar refractivity (Wildman–Crippen MR) is 121 cm³/mol. The molecule has 0 bridgehead atoms. The molecule has 4 aromatic rings. The van der Waals surface area contributed by atoms with E-state index in [9.17, 15) is 19.5 Å². The second-order valence-electron chi connectivity index (χ2n) is 6.98. The summed E-state index contributed by atoms with van der Waals surface area (Å²) in [7, 11) is 0. The average Bonchev–Trinajstić information content (AvgIpc) is 2.76. The van der Waals surface area contributed by atoms with Crippen LogP contribution in [0.15, 0.2) is 82.1 Å². The second-order valence-corrected chi connectivity index (χ2v) is 7.89. The Morgan fingerprint density at radius 2 is 1.52 bits per heavy atom. The number of nitrogens with zero attached hydrogens (tertiary/aromatic N) is 1. The molecule has 0 fully saturated rings. The van der Waals surface area contributed by atoms with E-state index < -0.39 is 17.5 Å². The van der Waals surface area contributed by atoms with Crippen molar-refractivity contribution >= 4 is 38.6 Å². The van der Waals surface area contributed by atoms with Crippen LogP contribution in [0.5, 0.6) is 0 Å². The van der Waals surface area contributed by atoms with E-state index in [1.807, 2.05) is 18.2 Å². The molecule has 0 spiro atoms. The lowest BCUT2D eigenvalue weighted by Crippen LogP contribution is -2.28. The van der Waals surface area contributed by atoms with Gasteiger partial charge in [-0.15, -0.1) is 0 Å². The quantitative estimate of drug-likeness (QED) is 0.427. The smallest absolute Gasteiger partial charge is 0.353 e. The second kappa shape index (κ2) is 8.20. The number of aromatic nitrogens is 1. The van der Waals surface area contributed by atoms with Crippen LogP contribution in [-0.2, 0) is 6.54 Å². The topological polar surface area (TPSA) is 96.6 Å². The van der Waals surface area contributed by atoms with Gasteiger partial charge in [-0.2, -0.15) is 0 Å². The first-order valence-corrected chi connectivity index (χ1v) is 10.1. The summed E-state index contributed by atoms with van der Waals surface area (Å²) in [5, 5.41) is 20.1. The zero-order chi connectivity index (χ0) is 22.1. The van der Waals surface area contributed by atoms with Gasteiger partial charge in [-0.25, -0.2) is 9.59 Å². The largest absolute Gasteiger partial charge is 0.478 e. The Hall–Kier alpha value is -3.71. The fourth-order valence-electron chi connectivity index (χ4n) is 3.62. The maximum atomic E-state index is 13.3. The molecule has 31 heavy (non-hydrogen) atoms. The van der Waals surface area contributed by atoms with Crippen molar-refractivity contribution in [2.24, 2.45) is 0 Å². The highest BCUT2D eigenvalue weighted by Gasteiger charge is 2.23. The maximum Gasteiger partial charge on any atom is 0.353 e. The molecule has 0 radical (unpaired) electrons. The van der Waals surface area contributed by atoms with Crippen LogP contribution in [0, 0.1) is 0 Å². The highest BCUT2D eigenvalue weighted by atomic mass is 79.9. The van der Waals surface area contributed by atoms with Crippen LogP contribution in [0.25, 0.3) is 21.9 Å². The average molecular weight is 478 g/mol. The van der Waals surface area contributed by atoms with Crippen molar-refractivity contribution in [3.05, 3.63) is 104 Å². The van der Waals surface area contributed by atoms with Gasteiger partial charge < -0.3 is 10.2 Å². The number of benzene rings is 3. The highest BCUT2D eigenvalue weighted by Crippen LogP contribution is 2.32. The minimum atomic E-state index is -1.22. The molecule has 0 aliphatic rings. The number of aromatic carboxylic acids is 2. The Bertz CT molecular complexity index is 1380. The van der Waals surface area contributed by atoms with Crippen LogP contribution in [0.3, 0.4) is 0 Å². The van der Waals surface area contributed by atoms with Crippen LogP contribution >= 0.6 is 15.9 Å². The van der Waals surface area contributed by atoms with Crippen LogP contribution in [0.1, 0.15) is 26.4 Å². The van der Waals surface area contributed by atoms with Crippen molar-refractivity contribution < 1.29 is 19.8 Å². The number of carboxylic acid groups (broad SMARTS) is 2. The third-order valence-electron chi connectivity index (χ3n) is 5.04. The summed E-state index contributed by atoms with van der Waals surface area (Å²) < 4.78 is 1.96. The molecule has 0 aliphatic heterocycles. The molecular formula is C24H16BrNO5. The maximum absolute atomic E-state index is 13.3. The highest BCUT2D eigenvalue weighted by molar-refractivity contribution is 9.10. The van der Waals surface area contributed by atoms with Crippen molar-refractivity contribution in [3.63, 3.8) is 0 Å². The van der Waals surface area contributed by atoms with Crippen molar-refractivity contribution in [1.82, 2.24) is 4.57 Å². The Kier molecular flexibility index (Phi) is 5.44. The molecule has 3 aromatic carbocycles. The normalized spacial score (nSPS) is 10.9. The Morgan fingerprint density at radius 1 is 0.839 bits per heavy atom. The fraction of sp³-hybridized carbons (Fsp3) is 0.0417. The van der Waals surface area contributed by atoms with E-state index >= 15 is 0 Å². The van der Waals surface area contributed by atoms with Crippen LogP contribution in [0.4, 0.5) is 0 Å². The summed E-state index contributed by atoms with van der Waals surface area (Å²) >= 11 is 3.41. The molecule has 0 aliphatic carbocycles. The Morgan fingerprint density at radius 3 is 2.13 bits per heavy atom. The van der Waals surface area contributed by atoms with E-state index in [0.717, 1.165) is 4.47 Å². The lowest BCUT2D eigenvalue weighted by molar-refractivity contribution is 0.0679. The van der Waals surface area contributed by atoms with Gasteiger partial charge in [0, 0.05) is 15.4 Å². The van der Waals surface area contributed by atoms with E-state index in [4.69, 9.17) is 5.11 Å². The van der Waals surface area contributed by atoms with E-state index in [-0.39, 0.29) is 17.8 Å². The van der Waals surface area contributed by atoms with E-state index in [1.165, 1.54) is 16.7 Å². The number of pyridine rings is 1. The molecule has 1 heterocycles. The van der Waals surface area contributed by atoms with Crippen LogP contribution in [0.2, 0.25) is 0 Å². The lowest BCUT2D eigenvalue weighted by atomic mass is 9.96. The Balaban J connectivity index is 2.03. The number of hydrogen-bond donors (Lipinski definition) is 2. The fourth-order valence-corrected chi connectivity index (χ4v) is 3.99. The van der Waals surface area contributed by atoms with Gasteiger partial charge in [0.05, 0.1) is 12.1 Å². The third-order valence-corrected chi connectivity index (χ3v) is 5.53. The summed E-state index contributed by atoms with van der Waals surface area (Å²) in [5.74, 6) is -2.28. The van der Waals surface area contributed by atoms with Gasteiger partial charge in [0.2, 0.25) is 0 Å². The van der Waals surface area contributed by atoms with Crippen molar-refractivity contribution in [2.45, 2.75) is 6.54 Å². The zero-order valence-electron chi connectivity index (χ0n) is 16.1. The number of carbonyl (C=O) groups is 2. The molecule has 154 valence electrons. The standard InChI is InChI=1S/C24H16BrNO5/c25-17-10-11-18-19(12-17)20(15-4-2-1-3-5-15)21(24(30)31)26(22(18)27)13-14-6-8-16(9-7-14)23(28)29/h1-12H,13H2,(H,28,29)(H,30,31). The molecule has 0 atom stereocenters. The zero-order valence-corrected chi connectivity index (χ0v) is 17.7. The van der Waals surface area contributed by atoms with Crippen LogP contribution in [-0.4, -0.2) is 26.7 Å². The van der Waals surface area contributed by atoms with Crippen molar-refractivity contribution in [3.8, 4) is 11.1 Å². The van der Waals surface area contributed by atoms with E-state index in [0.29, 0.717) is 27.5 Å².